The highest BCUT2D eigenvalue weighted by atomic mass is 28.3. The second-order valence-electron chi connectivity index (χ2n) is 5.62. The van der Waals surface area contributed by atoms with Crippen LogP contribution in [0.15, 0.2) is 60.7 Å². The molecule has 0 aliphatic heterocycles. The van der Waals surface area contributed by atoms with E-state index in [0.29, 0.717) is 5.04 Å². The van der Waals surface area contributed by atoms with Gasteiger partial charge in [0.1, 0.15) is 8.80 Å². The summed E-state index contributed by atoms with van der Waals surface area (Å²) < 4.78 is 0. The molecule has 0 unspecified atom stereocenters. The second-order valence-corrected chi connectivity index (χ2v) is 9.55. The lowest BCUT2D eigenvalue weighted by molar-refractivity contribution is 0.750. The van der Waals surface area contributed by atoms with E-state index in [0.717, 1.165) is 0 Å². The van der Waals surface area contributed by atoms with Gasteiger partial charge in [-0.15, -0.1) is 0 Å². The van der Waals surface area contributed by atoms with Gasteiger partial charge in [-0.05, 0) is 5.04 Å². The summed E-state index contributed by atoms with van der Waals surface area (Å²) in [4.78, 5) is 0. The van der Waals surface area contributed by atoms with E-state index in [1.807, 2.05) is 0 Å². The third-order valence-corrected chi connectivity index (χ3v) is 6.97. The van der Waals surface area contributed by atoms with E-state index in [9.17, 15) is 0 Å². The Labute approximate surface area is 111 Å². The predicted molar refractivity (Wildman–Crippen MR) is 82.6 cm³/mol. The minimum Gasteiger partial charge on any atom is -0.412 e. The third kappa shape index (κ3) is 3.31. The summed E-state index contributed by atoms with van der Waals surface area (Å²) in [5.74, 6) is 0. The van der Waals surface area contributed by atoms with Gasteiger partial charge in [0.2, 0.25) is 0 Å². The molecule has 0 heterocycles. The zero-order valence-corrected chi connectivity index (χ0v) is 12.5. The van der Waals surface area contributed by atoms with Crippen molar-refractivity contribution in [3.8, 4) is 0 Å². The predicted octanol–water partition coefficient (Wildman–Crippen LogP) is 2.00. The molecule has 2 N–H and O–H groups in total. The first-order valence-corrected chi connectivity index (χ1v) is 7.92. The standard InChI is InChI=1S/C16H20Si.H2O/c1-16(2,3)17(14-10-6-4-7-11-14)15-12-8-5-9-13-15;/h4-13,17H,1-3H3;1H2. The topological polar surface area (TPSA) is 31.5 Å². The Morgan fingerprint density at radius 2 is 1.00 bits per heavy atom. The van der Waals surface area contributed by atoms with E-state index in [-0.39, 0.29) is 5.48 Å². The van der Waals surface area contributed by atoms with Crippen LogP contribution in [0, 0.1) is 0 Å². The monoisotopic (exact) mass is 258 g/mol. The highest BCUT2D eigenvalue weighted by Gasteiger charge is 2.29. The van der Waals surface area contributed by atoms with E-state index in [1.165, 1.54) is 10.4 Å². The maximum Gasteiger partial charge on any atom is 0.108 e. The van der Waals surface area contributed by atoms with Gasteiger partial charge in [0, 0.05) is 0 Å². The fourth-order valence-electron chi connectivity index (χ4n) is 2.48. The molecule has 0 atom stereocenters. The molecule has 0 aliphatic rings. The molecule has 96 valence electrons. The van der Waals surface area contributed by atoms with E-state index >= 15 is 0 Å². The summed E-state index contributed by atoms with van der Waals surface area (Å²) in [7, 11) is -1.14. The number of rotatable bonds is 2. The molecule has 2 aromatic rings. The second kappa shape index (κ2) is 5.98. The lowest BCUT2D eigenvalue weighted by atomic mass is 10.2. The normalized spacial score (nSPS) is 11.1. The van der Waals surface area contributed by atoms with Crippen molar-refractivity contribution in [3.05, 3.63) is 60.7 Å². The zero-order valence-electron chi connectivity index (χ0n) is 11.4. The van der Waals surface area contributed by atoms with Crippen molar-refractivity contribution in [2.24, 2.45) is 0 Å². The molecule has 0 saturated heterocycles. The fraction of sp³-hybridized carbons (Fsp3) is 0.250. The van der Waals surface area contributed by atoms with Crippen LogP contribution in [0.25, 0.3) is 0 Å². The van der Waals surface area contributed by atoms with Gasteiger partial charge in [-0.25, -0.2) is 0 Å². The van der Waals surface area contributed by atoms with Crippen LogP contribution in [-0.4, -0.2) is 14.3 Å². The van der Waals surface area contributed by atoms with Crippen LogP contribution >= 0.6 is 0 Å². The molecule has 18 heavy (non-hydrogen) atoms. The van der Waals surface area contributed by atoms with Crippen molar-refractivity contribution in [1.82, 2.24) is 0 Å². The van der Waals surface area contributed by atoms with Gasteiger partial charge in [0.25, 0.3) is 0 Å². The summed E-state index contributed by atoms with van der Waals surface area (Å²) in [5, 5.41) is 3.43. The zero-order chi connectivity index (χ0) is 12.3. The van der Waals surface area contributed by atoms with Crippen molar-refractivity contribution >= 4 is 19.2 Å². The van der Waals surface area contributed by atoms with Gasteiger partial charge >= 0.3 is 0 Å². The van der Waals surface area contributed by atoms with Gasteiger partial charge < -0.3 is 5.48 Å². The first-order chi connectivity index (χ1) is 8.09. The largest absolute Gasteiger partial charge is 0.412 e. The average Bonchev–Trinajstić information content (AvgIpc) is 2.30. The summed E-state index contributed by atoms with van der Waals surface area (Å²) >= 11 is 0. The third-order valence-electron chi connectivity index (χ3n) is 3.13. The van der Waals surface area contributed by atoms with Crippen molar-refractivity contribution in [2.45, 2.75) is 25.8 Å². The molecule has 0 radical (unpaired) electrons. The molecule has 0 fully saturated rings. The molecular weight excluding hydrogens is 236 g/mol. The van der Waals surface area contributed by atoms with Gasteiger partial charge in [0.05, 0.1) is 0 Å². The van der Waals surface area contributed by atoms with Crippen LogP contribution in [0.2, 0.25) is 5.04 Å². The average molecular weight is 258 g/mol. The molecule has 0 saturated carbocycles. The first-order valence-electron chi connectivity index (χ1n) is 6.19. The van der Waals surface area contributed by atoms with Crippen molar-refractivity contribution in [3.63, 3.8) is 0 Å². The van der Waals surface area contributed by atoms with Crippen LogP contribution in [-0.2, 0) is 0 Å². The summed E-state index contributed by atoms with van der Waals surface area (Å²) in [6, 6.07) is 22.0. The van der Waals surface area contributed by atoms with E-state index in [4.69, 9.17) is 0 Å². The molecule has 1 nitrogen and oxygen atoms in total. The highest BCUT2D eigenvalue weighted by molar-refractivity contribution is 6.87. The Morgan fingerprint density at radius 3 is 1.28 bits per heavy atom. The Balaban J connectivity index is 0.00000162. The molecule has 0 aliphatic carbocycles. The molecular formula is C16H22OSi. The van der Waals surface area contributed by atoms with Crippen LogP contribution in [0.5, 0.6) is 0 Å². The maximum absolute atomic E-state index is 2.36. The summed E-state index contributed by atoms with van der Waals surface area (Å²) in [5.41, 5.74) is 0. The van der Waals surface area contributed by atoms with Gasteiger partial charge in [-0.1, -0.05) is 91.8 Å². The number of hydrogen-bond acceptors (Lipinski definition) is 0. The lowest BCUT2D eigenvalue weighted by Gasteiger charge is -2.30. The van der Waals surface area contributed by atoms with Gasteiger partial charge in [-0.2, -0.15) is 0 Å². The number of benzene rings is 2. The minimum absolute atomic E-state index is 0. The van der Waals surface area contributed by atoms with Crippen molar-refractivity contribution < 1.29 is 5.48 Å². The Bertz CT molecular complexity index is 420. The van der Waals surface area contributed by atoms with Crippen LogP contribution in [0.4, 0.5) is 0 Å². The van der Waals surface area contributed by atoms with E-state index in [1.54, 1.807) is 0 Å². The number of hydrogen-bond donors (Lipinski definition) is 0. The smallest absolute Gasteiger partial charge is 0.108 e. The molecule has 0 aromatic heterocycles. The maximum atomic E-state index is 2.36. The Kier molecular flexibility index (Phi) is 4.88. The molecule has 2 rings (SSSR count). The van der Waals surface area contributed by atoms with Gasteiger partial charge in [0.15, 0.2) is 0 Å². The molecule has 0 spiro atoms. The minimum atomic E-state index is -1.14. The van der Waals surface area contributed by atoms with Crippen LogP contribution in [0.3, 0.4) is 0 Å². The molecule has 2 heteroatoms. The van der Waals surface area contributed by atoms with E-state index < -0.39 is 8.80 Å². The summed E-state index contributed by atoms with van der Waals surface area (Å²) in [6.07, 6.45) is 0. The van der Waals surface area contributed by atoms with Gasteiger partial charge in [-0.3, -0.25) is 0 Å². The fourth-order valence-corrected chi connectivity index (χ4v) is 6.08. The quantitative estimate of drug-likeness (QED) is 0.738. The SMILES string of the molecule is CC(C)(C)[SiH](c1ccccc1)c1ccccc1.O. The Hall–Kier alpha value is -1.38. The van der Waals surface area contributed by atoms with E-state index in [2.05, 4.69) is 81.4 Å². The van der Waals surface area contributed by atoms with Crippen molar-refractivity contribution in [2.75, 3.05) is 0 Å². The van der Waals surface area contributed by atoms with Crippen LogP contribution < -0.4 is 10.4 Å². The first kappa shape index (κ1) is 14.7. The molecule has 2 aromatic carbocycles. The highest BCUT2D eigenvalue weighted by Crippen LogP contribution is 2.26. The van der Waals surface area contributed by atoms with Crippen LogP contribution in [0.1, 0.15) is 20.8 Å². The molecule has 0 amide bonds. The Morgan fingerprint density at radius 1 is 0.667 bits per heavy atom. The summed E-state index contributed by atoms with van der Waals surface area (Å²) in [6.45, 7) is 7.09. The molecule has 0 bridgehead atoms. The lowest BCUT2D eigenvalue weighted by Crippen LogP contribution is -2.48. The van der Waals surface area contributed by atoms with Crippen molar-refractivity contribution in [1.29, 1.82) is 0 Å².